The fourth-order valence-electron chi connectivity index (χ4n) is 2.19. The molecule has 1 unspecified atom stereocenters. The summed E-state index contributed by atoms with van der Waals surface area (Å²) in [6.45, 7) is 2.05. The first-order chi connectivity index (χ1) is 7.28. The predicted octanol–water partition coefficient (Wildman–Crippen LogP) is 2.30. The monoisotopic (exact) mass is 201 g/mol. The molecule has 76 valence electrons. The number of nitrogens with one attached hydrogen (secondary N) is 1. The molecule has 0 spiro atoms. The smallest absolute Gasteiger partial charge is 0.166 e. The first kappa shape index (κ1) is 8.53. The first-order valence-electron chi connectivity index (χ1n) is 5.04. The number of aromatic amines is 1. The van der Waals surface area contributed by atoms with Crippen LogP contribution in [-0.2, 0) is 6.42 Å². The van der Waals surface area contributed by atoms with Crippen LogP contribution < -0.4 is 4.74 Å². The Balaban J connectivity index is 2.29. The van der Waals surface area contributed by atoms with Crippen molar-refractivity contribution in [2.24, 2.45) is 0 Å². The second-order valence-corrected chi connectivity index (χ2v) is 3.98. The molecule has 0 amide bonds. The third-order valence-electron chi connectivity index (χ3n) is 2.83. The molecule has 2 aromatic rings. The molecule has 2 heterocycles. The number of carbonyl (C=O) groups is 1. The Morgan fingerprint density at radius 3 is 3.20 bits per heavy atom. The van der Waals surface area contributed by atoms with Gasteiger partial charge in [0, 0.05) is 17.4 Å². The number of aromatic nitrogens is 1. The minimum atomic E-state index is 0.230. The molecule has 1 N–H and O–H groups in total. The maximum atomic E-state index is 10.7. The largest absolute Gasteiger partial charge is 0.490 e. The number of H-pyrrole nitrogens is 1. The lowest BCUT2D eigenvalue weighted by Gasteiger charge is -2.01. The van der Waals surface area contributed by atoms with Gasteiger partial charge in [0.05, 0.1) is 11.2 Å². The van der Waals surface area contributed by atoms with Crippen LogP contribution in [-0.4, -0.2) is 17.4 Å². The second-order valence-electron chi connectivity index (χ2n) is 3.98. The molecular weight excluding hydrogens is 190 g/mol. The van der Waals surface area contributed by atoms with E-state index in [1.807, 2.05) is 18.2 Å². The molecule has 0 saturated heterocycles. The van der Waals surface area contributed by atoms with Crippen LogP contribution in [0, 0.1) is 0 Å². The van der Waals surface area contributed by atoms with Crippen molar-refractivity contribution in [1.29, 1.82) is 0 Å². The Morgan fingerprint density at radius 2 is 2.40 bits per heavy atom. The fraction of sp³-hybridized carbons (Fsp3) is 0.250. The minimum Gasteiger partial charge on any atom is -0.490 e. The molecule has 0 fully saturated rings. The number of fused-ring (bicyclic) bond motifs is 3. The van der Waals surface area contributed by atoms with Gasteiger partial charge >= 0.3 is 0 Å². The summed E-state index contributed by atoms with van der Waals surface area (Å²) in [6, 6.07) is 5.82. The van der Waals surface area contributed by atoms with Crippen LogP contribution in [0.5, 0.6) is 5.75 Å². The van der Waals surface area contributed by atoms with E-state index in [0.29, 0.717) is 5.69 Å². The summed E-state index contributed by atoms with van der Waals surface area (Å²) < 4.78 is 5.65. The standard InChI is InChI=1S/C12H11NO2/c1-7-4-10-11(15-7)3-2-8-5-9(6-14)13-12(8)10/h2-3,5-7,13H,4H2,1H3. The van der Waals surface area contributed by atoms with Crippen molar-refractivity contribution in [3.63, 3.8) is 0 Å². The van der Waals surface area contributed by atoms with Crippen LogP contribution in [0.4, 0.5) is 0 Å². The van der Waals surface area contributed by atoms with Gasteiger partial charge in [0.25, 0.3) is 0 Å². The van der Waals surface area contributed by atoms with E-state index in [9.17, 15) is 4.79 Å². The van der Waals surface area contributed by atoms with Gasteiger partial charge in [-0.1, -0.05) is 0 Å². The van der Waals surface area contributed by atoms with E-state index in [1.165, 1.54) is 5.56 Å². The van der Waals surface area contributed by atoms with E-state index >= 15 is 0 Å². The zero-order valence-electron chi connectivity index (χ0n) is 8.41. The predicted molar refractivity (Wildman–Crippen MR) is 57.5 cm³/mol. The summed E-state index contributed by atoms with van der Waals surface area (Å²) in [7, 11) is 0. The molecule has 0 radical (unpaired) electrons. The molecule has 1 aliphatic rings. The molecule has 3 heteroatoms. The summed E-state index contributed by atoms with van der Waals surface area (Å²) in [6.07, 6.45) is 1.98. The van der Waals surface area contributed by atoms with Gasteiger partial charge in [-0.25, -0.2) is 0 Å². The average Bonchev–Trinajstić information content (AvgIpc) is 2.78. The lowest BCUT2D eigenvalue weighted by Crippen LogP contribution is -2.05. The van der Waals surface area contributed by atoms with Gasteiger partial charge in [-0.2, -0.15) is 0 Å². The maximum Gasteiger partial charge on any atom is 0.166 e. The van der Waals surface area contributed by atoms with Crippen molar-refractivity contribution < 1.29 is 9.53 Å². The van der Waals surface area contributed by atoms with Crippen LogP contribution >= 0.6 is 0 Å². The van der Waals surface area contributed by atoms with Gasteiger partial charge in [-0.05, 0) is 25.1 Å². The molecular formula is C12H11NO2. The number of carbonyl (C=O) groups excluding carboxylic acids is 1. The fourth-order valence-corrected chi connectivity index (χ4v) is 2.19. The number of hydrogen-bond acceptors (Lipinski definition) is 2. The minimum absolute atomic E-state index is 0.230. The lowest BCUT2D eigenvalue weighted by atomic mass is 10.1. The van der Waals surface area contributed by atoms with Crippen LogP contribution in [0.2, 0.25) is 0 Å². The highest BCUT2D eigenvalue weighted by atomic mass is 16.5. The van der Waals surface area contributed by atoms with Crippen molar-refractivity contribution >= 4 is 17.2 Å². The van der Waals surface area contributed by atoms with E-state index in [2.05, 4.69) is 11.9 Å². The van der Waals surface area contributed by atoms with E-state index in [4.69, 9.17) is 4.74 Å². The number of hydrogen-bond donors (Lipinski definition) is 1. The van der Waals surface area contributed by atoms with Crippen LogP contribution in [0.15, 0.2) is 18.2 Å². The third-order valence-corrected chi connectivity index (χ3v) is 2.83. The second kappa shape index (κ2) is 2.86. The summed E-state index contributed by atoms with van der Waals surface area (Å²) >= 11 is 0. The normalized spacial score (nSPS) is 18.9. The molecule has 1 aliphatic heterocycles. The van der Waals surface area contributed by atoms with E-state index in [0.717, 1.165) is 29.4 Å². The van der Waals surface area contributed by atoms with Crippen molar-refractivity contribution in [1.82, 2.24) is 4.98 Å². The highest BCUT2D eigenvalue weighted by molar-refractivity contribution is 5.91. The molecule has 0 saturated carbocycles. The molecule has 1 aromatic carbocycles. The zero-order chi connectivity index (χ0) is 10.4. The molecule has 0 aliphatic carbocycles. The van der Waals surface area contributed by atoms with Crippen molar-refractivity contribution in [2.75, 3.05) is 0 Å². The van der Waals surface area contributed by atoms with Gasteiger partial charge in [0.2, 0.25) is 0 Å². The number of ether oxygens (including phenoxy) is 1. The van der Waals surface area contributed by atoms with Gasteiger partial charge in [0.1, 0.15) is 11.9 Å². The SMILES string of the molecule is CC1Cc2c(ccc3cc(C=O)[nH]c23)O1. The number of aldehydes is 1. The highest BCUT2D eigenvalue weighted by Crippen LogP contribution is 2.34. The molecule has 1 atom stereocenters. The topological polar surface area (TPSA) is 42.1 Å². The van der Waals surface area contributed by atoms with Crippen LogP contribution in [0.3, 0.4) is 0 Å². The Labute approximate surface area is 87.1 Å². The Kier molecular flexibility index (Phi) is 1.63. The summed E-state index contributed by atoms with van der Waals surface area (Å²) in [5, 5.41) is 1.08. The first-order valence-corrected chi connectivity index (χ1v) is 5.04. The summed E-state index contributed by atoms with van der Waals surface area (Å²) in [4.78, 5) is 13.8. The molecule has 1 aromatic heterocycles. The Hall–Kier alpha value is -1.77. The van der Waals surface area contributed by atoms with Crippen molar-refractivity contribution in [3.05, 3.63) is 29.5 Å². The van der Waals surface area contributed by atoms with Crippen LogP contribution in [0.25, 0.3) is 10.9 Å². The Morgan fingerprint density at radius 1 is 1.53 bits per heavy atom. The number of rotatable bonds is 1. The van der Waals surface area contributed by atoms with E-state index < -0.39 is 0 Å². The number of benzene rings is 1. The zero-order valence-corrected chi connectivity index (χ0v) is 8.41. The lowest BCUT2D eigenvalue weighted by molar-refractivity contribution is 0.112. The Bertz CT molecular complexity index is 542. The highest BCUT2D eigenvalue weighted by Gasteiger charge is 2.21. The van der Waals surface area contributed by atoms with Crippen LogP contribution in [0.1, 0.15) is 23.0 Å². The summed E-state index contributed by atoms with van der Waals surface area (Å²) in [5.41, 5.74) is 2.85. The molecule has 0 bridgehead atoms. The third kappa shape index (κ3) is 1.16. The van der Waals surface area contributed by atoms with E-state index in [1.54, 1.807) is 0 Å². The van der Waals surface area contributed by atoms with Gasteiger partial charge < -0.3 is 9.72 Å². The van der Waals surface area contributed by atoms with Crippen molar-refractivity contribution in [3.8, 4) is 5.75 Å². The molecule has 3 rings (SSSR count). The van der Waals surface area contributed by atoms with Gasteiger partial charge in [0.15, 0.2) is 6.29 Å². The summed E-state index contributed by atoms with van der Waals surface area (Å²) in [5.74, 6) is 0.939. The van der Waals surface area contributed by atoms with Crippen molar-refractivity contribution in [2.45, 2.75) is 19.4 Å². The van der Waals surface area contributed by atoms with E-state index in [-0.39, 0.29) is 6.10 Å². The quantitative estimate of drug-likeness (QED) is 0.719. The molecule has 3 nitrogen and oxygen atoms in total. The van der Waals surface area contributed by atoms with Gasteiger partial charge in [-0.3, -0.25) is 4.79 Å². The average molecular weight is 201 g/mol. The van der Waals surface area contributed by atoms with Gasteiger partial charge in [-0.15, -0.1) is 0 Å². The molecule has 15 heavy (non-hydrogen) atoms. The maximum absolute atomic E-state index is 10.7.